The molecule has 0 aliphatic carbocycles. The second-order valence-corrected chi connectivity index (χ2v) is 15.4. The average Bonchev–Trinajstić information content (AvgIpc) is 3.97. The SMILES string of the molecule is c1ccc(-c2nc(-c3ccccc3)nc(-c3ccc4c(c3)sc3c(-c5cc(-c6ccc7c(c6)oc6ccccc67)c6oc7ccccc7c6c5)cccc34)n2)cc1. The van der Waals surface area contributed by atoms with Crippen molar-refractivity contribution >= 4 is 75.4 Å². The van der Waals surface area contributed by atoms with E-state index in [4.69, 9.17) is 23.8 Å². The van der Waals surface area contributed by atoms with Crippen molar-refractivity contribution in [2.24, 2.45) is 0 Å². The fourth-order valence-electron chi connectivity index (χ4n) is 8.19. The molecule has 0 saturated carbocycles. The number of furan rings is 2. The Morgan fingerprint density at radius 3 is 1.65 bits per heavy atom. The van der Waals surface area contributed by atoms with Gasteiger partial charge in [-0.1, -0.05) is 133 Å². The predicted molar refractivity (Wildman–Crippen MR) is 234 cm³/mol. The Balaban J connectivity index is 1.03. The number of aromatic nitrogens is 3. The van der Waals surface area contributed by atoms with Crippen molar-refractivity contribution in [3.05, 3.63) is 176 Å². The highest BCUT2D eigenvalue weighted by molar-refractivity contribution is 7.26. The minimum Gasteiger partial charge on any atom is -0.456 e. The molecule has 0 radical (unpaired) electrons. The van der Waals surface area contributed by atoms with Crippen LogP contribution in [0.1, 0.15) is 0 Å². The third-order valence-corrected chi connectivity index (χ3v) is 12.1. The van der Waals surface area contributed by atoms with Crippen LogP contribution in [0.3, 0.4) is 0 Å². The first-order valence-corrected chi connectivity index (χ1v) is 19.7. The molecular weight excluding hydrogens is 719 g/mol. The lowest BCUT2D eigenvalue weighted by Gasteiger charge is -2.09. The number of rotatable bonds is 5. The van der Waals surface area contributed by atoms with Gasteiger partial charge in [0, 0.05) is 64.0 Å². The predicted octanol–water partition coefficient (Wildman–Crippen LogP) is 14.4. The van der Waals surface area contributed by atoms with E-state index in [-0.39, 0.29) is 0 Å². The molecule has 57 heavy (non-hydrogen) atoms. The summed E-state index contributed by atoms with van der Waals surface area (Å²) in [6, 6.07) is 61.0. The molecule has 5 nitrogen and oxygen atoms in total. The van der Waals surface area contributed by atoms with Crippen LogP contribution in [0.2, 0.25) is 0 Å². The van der Waals surface area contributed by atoms with Gasteiger partial charge in [-0.25, -0.2) is 15.0 Å². The third kappa shape index (κ3) is 5.19. The molecule has 0 spiro atoms. The van der Waals surface area contributed by atoms with Gasteiger partial charge in [-0.15, -0.1) is 11.3 Å². The second-order valence-electron chi connectivity index (χ2n) is 14.3. The molecule has 12 rings (SSSR count). The molecule has 0 fully saturated rings. The van der Waals surface area contributed by atoms with E-state index in [1.165, 1.54) is 25.7 Å². The average molecular weight is 748 g/mol. The summed E-state index contributed by atoms with van der Waals surface area (Å²) in [5, 5.41) is 6.81. The van der Waals surface area contributed by atoms with Gasteiger partial charge in [0.2, 0.25) is 0 Å². The molecule has 0 N–H and O–H groups in total. The van der Waals surface area contributed by atoms with E-state index in [1.54, 1.807) is 11.3 Å². The smallest absolute Gasteiger partial charge is 0.164 e. The van der Waals surface area contributed by atoms with Crippen LogP contribution in [0.4, 0.5) is 0 Å². The minimum atomic E-state index is 0.644. The summed E-state index contributed by atoms with van der Waals surface area (Å²) in [6.07, 6.45) is 0. The highest BCUT2D eigenvalue weighted by atomic mass is 32.1. The summed E-state index contributed by atoms with van der Waals surface area (Å²) in [5.41, 5.74) is 10.7. The highest BCUT2D eigenvalue weighted by Crippen LogP contribution is 2.45. The van der Waals surface area contributed by atoms with Crippen LogP contribution in [-0.4, -0.2) is 15.0 Å². The standard InChI is InChI=1S/C51H29N3O2S/c1-3-12-30(13-4-1)49-52-50(31-14-5-2-6-15-31)54-51(53-49)33-23-25-39-40-19-11-18-35(48(40)57-46(39)29-33)34-26-41(47-42(27-34)37-17-8-10-21-44(37)56-47)32-22-24-38-36-16-7-9-20-43(36)55-45(38)28-32/h1-29H. The molecule has 0 atom stereocenters. The molecule has 0 amide bonds. The molecule has 0 aliphatic heterocycles. The van der Waals surface area contributed by atoms with Crippen LogP contribution in [0.5, 0.6) is 0 Å². The number of hydrogen-bond donors (Lipinski definition) is 0. The van der Waals surface area contributed by atoms with E-state index < -0.39 is 0 Å². The van der Waals surface area contributed by atoms with Crippen LogP contribution in [0.15, 0.2) is 185 Å². The van der Waals surface area contributed by atoms with Crippen LogP contribution in [0, 0.1) is 0 Å². The lowest BCUT2D eigenvalue weighted by atomic mass is 9.94. The minimum absolute atomic E-state index is 0.644. The lowest BCUT2D eigenvalue weighted by Crippen LogP contribution is -1.99. The van der Waals surface area contributed by atoms with Crippen molar-refractivity contribution in [3.63, 3.8) is 0 Å². The molecule has 0 unspecified atom stereocenters. The fraction of sp³-hybridized carbons (Fsp3) is 0. The maximum atomic E-state index is 6.62. The molecule has 0 bridgehead atoms. The summed E-state index contributed by atoms with van der Waals surface area (Å²) >= 11 is 1.80. The summed E-state index contributed by atoms with van der Waals surface area (Å²) in [7, 11) is 0. The Morgan fingerprint density at radius 2 is 0.912 bits per heavy atom. The van der Waals surface area contributed by atoms with Crippen LogP contribution in [-0.2, 0) is 0 Å². The van der Waals surface area contributed by atoms with Gasteiger partial charge in [0.15, 0.2) is 17.5 Å². The molecule has 4 aromatic heterocycles. The Hall–Kier alpha value is -7.41. The number of benzene rings is 8. The first kappa shape index (κ1) is 31.9. The topological polar surface area (TPSA) is 65.0 Å². The first-order valence-electron chi connectivity index (χ1n) is 18.9. The van der Waals surface area contributed by atoms with Gasteiger partial charge in [0.1, 0.15) is 22.3 Å². The lowest BCUT2D eigenvalue weighted by molar-refractivity contribution is 0.668. The molecule has 0 saturated heterocycles. The molecule has 266 valence electrons. The first-order chi connectivity index (χ1) is 28.2. The van der Waals surface area contributed by atoms with Crippen molar-refractivity contribution in [2.75, 3.05) is 0 Å². The summed E-state index contributed by atoms with van der Waals surface area (Å²) < 4.78 is 15.4. The second kappa shape index (κ2) is 12.6. The van der Waals surface area contributed by atoms with E-state index in [0.29, 0.717) is 17.5 Å². The summed E-state index contributed by atoms with van der Waals surface area (Å²) in [6.45, 7) is 0. The maximum Gasteiger partial charge on any atom is 0.164 e. The van der Waals surface area contributed by atoms with E-state index in [1.807, 2.05) is 84.9 Å². The zero-order chi connectivity index (χ0) is 37.5. The van der Waals surface area contributed by atoms with E-state index in [9.17, 15) is 0 Å². The van der Waals surface area contributed by atoms with Crippen molar-refractivity contribution in [3.8, 4) is 56.4 Å². The van der Waals surface area contributed by atoms with Gasteiger partial charge >= 0.3 is 0 Å². The zero-order valence-corrected chi connectivity index (χ0v) is 31.1. The maximum absolute atomic E-state index is 6.62. The summed E-state index contributed by atoms with van der Waals surface area (Å²) in [5.74, 6) is 1.94. The van der Waals surface area contributed by atoms with Crippen molar-refractivity contribution in [1.29, 1.82) is 0 Å². The fourth-order valence-corrected chi connectivity index (χ4v) is 9.47. The van der Waals surface area contributed by atoms with E-state index >= 15 is 0 Å². The summed E-state index contributed by atoms with van der Waals surface area (Å²) in [4.78, 5) is 14.9. The molecule has 4 heterocycles. The third-order valence-electron chi connectivity index (χ3n) is 10.9. The number of fused-ring (bicyclic) bond motifs is 9. The van der Waals surface area contributed by atoms with Crippen LogP contribution >= 0.6 is 11.3 Å². The largest absolute Gasteiger partial charge is 0.456 e. The van der Waals surface area contributed by atoms with Gasteiger partial charge < -0.3 is 8.83 Å². The normalized spacial score (nSPS) is 11.9. The van der Waals surface area contributed by atoms with Crippen molar-refractivity contribution < 1.29 is 8.83 Å². The number of nitrogens with zero attached hydrogens (tertiary/aromatic N) is 3. The Labute approximate surface area is 330 Å². The van der Waals surface area contributed by atoms with Crippen LogP contribution < -0.4 is 0 Å². The van der Waals surface area contributed by atoms with Crippen molar-refractivity contribution in [2.45, 2.75) is 0 Å². The highest BCUT2D eigenvalue weighted by Gasteiger charge is 2.20. The Bertz CT molecular complexity index is 3470. The quantitative estimate of drug-likeness (QED) is 0.175. The van der Waals surface area contributed by atoms with Crippen LogP contribution in [0.25, 0.3) is 120 Å². The van der Waals surface area contributed by atoms with Gasteiger partial charge in [-0.3, -0.25) is 0 Å². The number of para-hydroxylation sites is 2. The zero-order valence-electron chi connectivity index (χ0n) is 30.3. The van der Waals surface area contributed by atoms with Crippen molar-refractivity contribution in [1.82, 2.24) is 15.0 Å². The van der Waals surface area contributed by atoms with Gasteiger partial charge in [0.25, 0.3) is 0 Å². The number of thiophene rings is 1. The monoisotopic (exact) mass is 747 g/mol. The van der Waals surface area contributed by atoms with Gasteiger partial charge in [0.05, 0.1) is 0 Å². The molecule has 6 heteroatoms. The molecule has 12 aromatic rings. The van der Waals surface area contributed by atoms with Gasteiger partial charge in [-0.2, -0.15) is 0 Å². The molecule has 8 aromatic carbocycles. The molecular formula is C51H29N3O2S. The van der Waals surface area contributed by atoms with E-state index in [2.05, 4.69) is 91.0 Å². The van der Waals surface area contributed by atoms with Gasteiger partial charge in [-0.05, 0) is 59.2 Å². The Morgan fingerprint density at radius 1 is 0.333 bits per heavy atom. The van der Waals surface area contributed by atoms with E-state index in [0.717, 1.165) is 77.3 Å². The molecule has 0 aliphatic rings. The number of hydrogen-bond acceptors (Lipinski definition) is 6. The Kier molecular flexibility index (Phi) is 7.03.